The van der Waals surface area contributed by atoms with Gasteiger partial charge in [0.15, 0.2) is 0 Å². The van der Waals surface area contributed by atoms with Gasteiger partial charge in [-0.05, 0) is 34.9 Å². The van der Waals surface area contributed by atoms with Gasteiger partial charge in [-0.2, -0.15) is 0 Å². The zero-order valence-corrected chi connectivity index (χ0v) is 18.7. The summed E-state index contributed by atoms with van der Waals surface area (Å²) in [6.45, 7) is 0. The van der Waals surface area contributed by atoms with E-state index < -0.39 is 80.3 Å². The van der Waals surface area contributed by atoms with Crippen LogP contribution >= 0.6 is 0 Å². The first-order chi connectivity index (χ1) is 17.4. The van der Waals surface area contributed by atoms with Crippen molar-refractivity contribution >= 4 is 35.8 Å². The van der Waals surface area contributed by atoms with Gasteiger partial charge < -0.3 is 30.3 Å². The number of carbonyl (C=O) groups excluding carboxylic acids is 1. The summed E-state index contributed by atoms with van der Waals surface area (Å²) in [5, 5.41) is 48.8. The minimum absolute atomic E-state index is 0.282. The molecule has 12 nitrogen and oxygen atoms in total. The Morgan fingerprint density at radius 3 is 1.41 bits per heavy atom. The molecule has 0 atom stereocenters. The van der Waals surface area contributed by atoms with Crippen molar-refractivity contribution in [2.75, 3.05) is 7.11 Å². The minimum atomic E-state index is -1.75. The van der Waals surface area contributed by atoms with Gasteiger partial charge in [0.1, 0.15) is 0 Å². The standard InChI is InChI=1S/C25H16O12/c1-37-25(36)15-9-8-11(10-4-2-6-13(20(26)27)17(10)22(30)31)16(19(15)24(34)35)12-5-3-7-14(21(28)29)18(12)23(32)33/h2-9H,1H3,(H,26,27)(H,28,29)(H,30,31)(H,32,33)(H,34,35). The highest BCUT2D eigenvalue weighted by Crippen LogP contribution is 2.41. The van der Waals surface area contributed by atoms with Gasteiger partial charge >= 0.3 is 35.8 Å². The van der Waals surface area contributed by atoms with Crippen LogP contribution in [0.5, 0.6) is 0 Å². The Kier molecular flexibility index (Phi) is 7.05. The molecule has 0 heterocycles. The summed E-state index contributed by atoms with van der Waals surface area (Å²) < 4.78 is 4.63. The molecule has 0 saturated carbocycles. The molecule has 188 valence electrons. The predicted octanol–water partition coefficient (Wildman–Crippen LogP) is 3.30. The molecule has 12 heteroatoms. The first-order valence-electron chi connectivity index (χ1n) is 10.1. The van der Waals surface area contributed by atoms with Gasteiger partial charge in [0.25, 0.3) is 0 Å². The van der Waals surface area contributed by atoms with E-state index in [2.05, 4.69) is 4.74 Å². The number of benzene rings is 3. The van der Waals surface area contributed by atoms with Crippen molar-refractivity contribution in [1.29, 1.82) is 0 Å². The summed E-state index contributed by atoms with van der Waals surface area (Å²) in [6, 6.07) is 8.64. The number of hydrogen-bond acceptors (Lipinski definition) is 7. The second kappa shape index (κ2) is 10.00. The average molecular weight is 508 g/mol. The van der Waals surface area contributed by atoms with E-state index in [-0.39, 0.29) is 11.1 Å². The number of carboxylic acid groups (broad SMARTS) is 5. The maximum Gasteiger partial charge on any atom is 0.338 e. The van der Waals surface area contributed by atoms with Crippen molar-refractivity contribution in [2.45, 2.75) is 0 Å². The normalized spacial score (nSPS) is 10.4. The van der Waals surface area contributed by atoms with Gasteiger partial charge in [-0.25, -0.2) is 28.8 Å². The highest BCUT2D eigenvalue weighted by molar-refractivity contribution is 6.16. The zero-order valence-electron chi connectivity index (χ0n) is 18.7. The van der Waals surface area contributed by atoms with Crippen molar-refractivity contribution in [3.8, 4) is 22.3 Å². The molecule has 0 saturated heterocycles. The van der Waals surface area contributed by atoms with Crippen LogP contribution in [0.3, 0.4) is 0 Å². The van der Waals surface area contributed by atoms with Crippen LogP contribution in [0.4, 0.5) is 0 Å². The lowest BCUT2D eigenvalue weighted by Crippen LogP contribution is -2.16. The quantitative estimate of drug-likeness (QED) is 0.277. The van der Waals surface area contributed by atoms with Crippen LogP contribution in [-0.4, -0.2) is 68.5 Å². The molecule has 0 spiro atoms. The molecule has 3 rings (SSSR count). The van der Waals surface area contributed by atoms with Crippen LogP contribution in [0, 0.1) is 0 Å². The Labute approximate surface area is 206 Å². The smallest absolute Gasteiger partial charge is 0.338 e. The zero-order chi connectivity index (χ0) is 27.6. The van der Waals surface area contributed by atoms with Crippen molar-refractivity contribution in [3.63, 3.8) is 0 Å². The molecule has 3 aromatic carbocycles. The number of rotatable bonds is 8. The lowest BCUT2D eigenvalue weighted by molar-refractivity contribution is 0.0582. The summed E-state index contributed by atoms with van der Waals surface area (Å²) in [6.07, 6.45) is 0. The Hall–Kier alpha value is -5.52. The van der Waals surface area contributed by atoms with E-state index in [4.69, 9.17) is 0 Å². The minimum Gasteiger partial charge on any atom is -0.478 e. The molecule has 0 bridgehead atoms. The Balaban J connectivity index is 2.68. The maximum atomic E-state index is 12.4. The third kappa shape index (κ3) is 4.58. The number of hydrogen-bond donors (Lipinski definition) is 5. The number of ether oxygens (including phenoxy) is 1. The Morgan fingerprint density at radius 1 is 0.514 bits per heavy atom. The maximum absolute atomic E-state index is 12.4. The molecule has 0 aliphatic rings. The SMILES string of the molecule is COC(=O)c1ccc(-c2cccc(C(=O)O)c2C(=O)O)c(-c2cccc(C(=O)O)c2C(=O)O)c1C(=O)O. The molecule has 0 aliphatic carbocycles. The molecule has 0 fully saturated rings. The fourth-order valence-corrected chi connectivity index (χ4v) is 3.96. The number of carbonyl (C=O) groups is 6. The number of esters is 1. The fraction of sp³-hybridized carbons (Fsp3) is 0.0400. The summed E-state index contributed by atoms with van der Waals surface area (Å²) in [7, 11) is 0.966. The largest absolute Gasteiger partial charge is 0.478 e. The molecular formula is C25H16O12. The van der Waals surface area contributed by atoms with E-state index in [1.165, 1.54) is 12.1 Å². The molecule has 3 aromatic rings. The van der Waals surface area contributed by atoms with Crippen LogP contribution in [0.2, 0.25) is 0 Å². The van der Waals surface area contributed by atoms with Gasteiger partial charge in [-0.3, -0.25) is 0 Å². The monoisotopic (exact) mass is 508 g/mol. The first-order valence-corrected chi connectivity index (χ1v) is 10.1. The number of aromatic carboxylic acids is 5. The fourth-order valence-electron chi connectivity index (χ4n) is 3.96. The van der Waals surface area contributed by atoms with Gasteiger partial charge in [0, 0.05) is 5.56 Å². The van der Waals surface area contributed by atoms with Gasteiger partial charge in [-0.1, -0.05) is 30.3 Å². The van der Waals surface area contributed by atoms with E-state index >= 15 is 0 Å². The second-order valence-electron chi connectivity index (χ2n) is 7.38. The van der Waals surface area contributed by atoms with E-state index in [0.29, 0.717) is 0 Å². The van der Waals surface area contributed by atoms with Crippen LogP contribution in [0.1, 0.15) is 62.1 Å². The molecule has 0 amide bonds. The van der Waals surface area contributed by atoms with Crippen LogP contribution in [0.15, 0.2) is 48.5 Å². The lowest BCUT2D eigenvalue weighted by atomic mass is 9.82. The molecule has 5 N–H and O–H groups in total. The Morgan fingerprint density at radius 2 is 0.973 bits per heavy atom. The molecule has 0 unspecified atom stereocenters. The van der Waals surface area contributed by atoms with Crippen molar-refractivity contribution in [1.82, 2.24) is 0 Å². The van der Waals surface area contributed by atoms with Crippen molar-refractivity contribution in [3.05, 3.63) is 81.9 Å². The highest BCUT2D eigenvalue weighted by Gasteiger charge is 2.32. The predicted molar refractivity (Wildman–Crippen MR) is 123 cm³/mol. The van der Waals surface area contributed by atoms with Gasteiger partial charge in [-0.15, -0.1) is 0 Å². The third-order valence-electron chi connectivity index (χ3n) is 5.40. The van der Waals surface area contributed by atoms with E-state index in [1.807, 2.05) is 0 Å². The van der Waals surface area contributed by atoms with E-state index in [1.54, 1.807) is 0 Å². The molecule has 0 aromatic heterocycles. The molecule has 0 aliphatic heterocycles. The number of methoxy groups -OCH3 is 1. The van der Waals surface area contributed by atoms with Gasteiger partial charge in [0.05, 0.1) is 40.5 Å². The average Bonchev–Trinajstić information content (AvgIpc) is 2.85. The van der Waals surface area contributed by atoms with E-state index in [0.717, 1.165) is 43.5 Å². The molecule has 0 radical (unpaired) electrons. The Bertz CT molecular complexity index is 1520. The molecular weight excluding hydrogens is 492 g/mol. The summed E-state index contributed by atoms with van der Waals surface area (Å²) in [5.74, 6) is -9.58. The molecule has 37 heavy (non-hydrogen) atoms. The van der Waals surface area contributed by atoms with Crippen LogP contribution < -0.4 is 0 Å². The van der Waals surface area contributed by atoms with Crippen LogP contribution in [-0.2, 0) is 4.74 Å². The number of carboxylic acids is 5. The van der Waals surface area contributed by atoms with Gasteiger partial charge in [0.2, 0.25) is 0 Å². The second-order valence-corrected chi connectivity index (χ2v) is 7.38. The lowest BCUT2D eigenvalue weighted by Gasteiger charge is -2.20. The summed E-state index contributed by atoms with van der Waals surface area (Å²) >= 11 is 0. The van der Waals surface area contributed by atoms with Crippen molar-refractivity contribution in [2.24, 2.45) is 0 Å². The topological polar surface area (TPSA) is 213 Å². The third-order valence-corrected chi connectivity index (χ3v) is 5.40. The van der Waals surface area contributed by atoms with Crippen LogP contribution in [0.25, 0.3) is 22.3 Å². The summed E-state index contributed by atoms with van der Waals surface area (Å²) in [5.41, 5.74) is -5.91. The highest BCUT2D eigenvalue weighted by atomic mass is 16.5. The first kappa shape index (κ1) is 26.1. The van der Waals surface area contributed by atoms with E-state index in [9.17, 15) is 54.3 Å². The van der Waals surface area contributed by atoms with Crippen molar-refractivity contribution < 1.29 is 59.0 Å². The summed E-state index contributed by atoms with van der Waals surface area (Å²) in [4.78, 5) is 72.6.